The fraction of sp³-hybridized carbons (Fsp3) is 0.467. The Balaban J connectivity index is 1.75. The second-order valence-corrected chi connectivity index (χ2v) is 4.70. The monoisotopic (exact) mass is 246 g/mol. The van der Waals surface area contributed by atoms with E-state index in [9.17, 15) is 9.59 Å². The number of hydrogen-bond acceptors (Lipinski definition) is 3. The highest BCUT2D eigenvalue weighted by atomic mass is 16.5. The number of benzene rings is 1. The molecule has 1 fully saturated rings. The summed E-state index contributed by atoms with van der Waals surface area (Å²) in [5.41, 5.74) is 0.562. The zero-order valence-electron chi connectivity index (χ0n) is 10.4. The molecule has 0 radical (unpaired) electrons. The first-order valence-corrected chi connectivity index (χ1v) is 6.52. The van der Waals surface area contributed by atoms with Gasteiger partial charge in [-0.15, -0.1) is 0 Å². The van der Waals surface area contributed by atoms with Gasteiger partial charge >= 0.3 is 5.97 Å². The van der Waals surface area contributed by atoms with Crippen molar-refractivity contribution in [3.05, 3.63) is 35.9 Å². The molecule has 1 aliphatic rings. The molecule has 0 aliphatic heterocycles. The van der Waals surface area contributed by atoms with E-state index in [-0.39, 0.29) is 11.9 Å². The zero-order valence-corrected chi connectivity index (χ0v) is 10.4. The van der Waals surface area contributed by atoms with Crippen molar-refractivity contribution in [2.45, 2.75) is 32.1 Å². The lowest BCUT2D eigenvalue weighted by Crippen LogP contribution is -2.21. The van der Waals surface area contributed by atoms with E-state index in [1.807, 2.05) is 6.07 Å². The lowest BCUT2D eigenvalue weighted by atomic mass is 9.86. The molecule has 1 saturated carbocycles. The summed E-state index contributed by atoms with van der Waals surface area (Å²) in [5, 5.41) is 0. The van der Waals surface area contributed by atoms with Crippen LogP contribution in [0.5, 0.6) is 0 Å². The lowest BCUT2D eigenvalue weighted by Gasteiger charge is -2.19. The van der Waals surface area contributed by atoms with Gasteiger partial charge in [0, 0.05) is 12.3 Å². The van der Waals surface area contributed by atoms with Crippen molar-refractivity contribution in [3.8, 4) is 0 Å². The number of ketones is 1. The van der Waals surface area contributed by atoms with Crippen LogP contribution in [0.3, 0.4) is 0 Å². The van der Waals surface area contributed by atoms with Crippen LogP contribution in [0.25, 0.3) is 0 Å². The van der Waals surface area contributed by atoms with Gasteiger partial charge in [0.1, 0.15) is 5.78 Å². The molecule has 3 heteroatoms. The molecule has 0 saturated heterocycles. The molecule has 0 heterocycles. The highest BCUT2D eigenvalue weighted by Gasteiger charge is 2.22. The van der Waals surface area contributed by atoms with Gasteiger partial charge in [-0.05, 0) is 31.4 Å². The Morgan fingerprint density at radius 1 is 1.22 bits per heavy atom. The normalized spacial score (nSPS) is 19.6. The standard InChI is InChI=1S/C15H18O3/c16-14-9-5-4-6-12(14)10-11-18-15(17)13-7-2-1-3-8-13/h1-3,7-8,12H,4-6,9-11H2/t12-/m1/s1. The van der Waals surface area contributed by atoms with Gasteiger partial charge in [-0.3, -0.25) is 4.79 Å². The van der Waals surface area contributed by atoms with Crippen LogP contribution in [-0.4, -0.2) is 18.4 Å². The first-order chi connectivity index (χ1) is 8.77. The summed E-state index contributed by atoms with van der Waals surface area (Å²) in [5.74, 6) is 0.123. The Labute approximate surface area is 107 Å². The molecule has 1 aromatic rings. The summed E-state index contributed by atoms with van der Waals surface area (Å²) < 4.78 is 5.19. The van der Waals surface area contributed by atoms with E-state index in [2.05, 4.69) is 0 Å². The number of rotatable bonds is 4. The van der Waals surface area contributed by atoms with Crippen molar-refractivity contribution < 1.29 is 14.3 Å². The van der Waals surface area contributed by atoms with E-state index in [0.717, 1.165) is 19.3 Å². The van der Waals surface area contributed by atoms with Crippen LogP contribution in [0.4, 0.5) is 0 Å². The Morgan fingerprint density at radius 2 is 2.00 bits per heavy atom. The van der Waals surface area contributed by atoms with Crippen molar-refractivity contribution >= 4 is 11.8 Å². The summed E-state index contributed by atoms with van der Waals surface area (Å²) in [6.45, 7) is 0.337. The third-order valence-corrected chi connectivity index (χ3v) is 3.39. The third-order valence-electron chi connectivity index (χ3n) is 3.39. The van der Waals surface area contributed by atoms with Crippen LogP contribution in [0, 0.1) is 5.92 Å². The molecule has 2 rings (SSSR count). The van der Waals surface area contributed by atoms with Crippen molar-refractivity contribution in [3.63, 3.8) is 0 Å². The van der Waals surface area contributed by atoms with Gasteiger partial charge in [0.05, 0.1) is 12.2 Å². The Morgan fingerprint density at radius 3 is 2.72 bits per heavy atom. The van der Waals surface area contributed by atoms with Crippen LogP contribution in [0.15, 0.2) is 30.3 Å². The van der Waals surface area contributed by atoms with E-state index in [1.165, 1.54) is 0 Å². The maximum absolute atomic E-state index is 11.7. The first kappa shape index (κ1) is 12.8. The molecule has 3 nitrogen and oxygen atoms in total. The number of carbonyl (C=O) groups excluding carboxylic acids is 2. The molecular formula is C15H18O3. The molecule has 96 valence electrons. The minimum Gasteiger partial charge on any atom is -0.462 e. The van der Waals surface area contributed by atoms with Gasteiger partial charge < -0.3 is 4.74 Å². The third kappa shape index (κ3) is 3.42. The van der Waals surface area contributed by atoms with Gasteiger partial charge in [0.2, 0.25) is 0 Å². The molecule has 1 atom stereocenters. The predicted octanol–water partition coefficient (Wildman–Crippen LogP) is 2.99. The molecule has 0 spiro atoms. The molecular weight excluding hydrogens is 228 g/mol. The molecule has 1 aliphatic carbocycles. The summed E-state index contributed by atoms with van der Waals surface area (Å²) in [6.07, 6.45) is 4.43. The minimum atomic E-state index is -0.307. The van der Waals surface area contributed by atoms with Crippen LogP contribution in [-0.2, 0) is 9.53 Å². The fourth-order valence-corrected chi connectivity index (χ4v) is 2.31. The average molecular weight is 246 g/mol. The average Bonchev–Trinajstić information content (AvgIpc) is 2.42. The van der Waals surface area contributed by atoms with E-state index in [1.54, 1.807) is 24.3 Å². The van der Waals surface area contributed by atoms with Gasteiger partial charge in [0.25, 0.3) is 0 Å². The highest BCUT2D eigenvalue weighted by molar-refractivity contribution is 5.89. The number of carbonyl (C=O) groups is 2. The molecule has 0 aromatic heterocycles. The smallest absolute Gasteiger partial charge is 0.338 e. The van der Waals surface area contributed by atoms with Crippen molar-refractivity contribution in [2.75, 3.05) is 6.61 Å². The quantitative estimate of drug-likeness (QED) is 0.767. The van der Waals surface area contributed by atoms with E-state index >= 15 is 0 Å². The van der Waals surface area contributed by atoms with Gasteiger partial charge in [-0.1, -0.05) is 24.6 Å². The summed E-state index contributed by atoms with van der Waals surface area (Å²) >= 11 is 0. The molecule has 0 unspecified atom stereocenters. The summed E-state index contributed by atoms with van der Waals surface area (Å²) in [4.78, 5) is 23.3. The maximum Gasteiger partial charge on any atom is 0.338 e. The summed E-state index contributed by atoms with van der Waals surface area (Å²) in [7, 11) is 0. The topological polar surface area (TPSA) is 43.4 Å². The Hall–Kier alpha value is -1.64. The molecule has 0 N–H and O–H groups in total. The van der Waals surface area contributed by atoms with E-state index in [4.69, 9.17) is 4.74 Å². The second kappa shape index (κ2) is 6.34. The highest BCUT2D eigenvalue weighted by Crippen LogP contribution is 2.23. The molecule has 0 amide bonds. The van der Waals surface area contributed by atoms with E-state index < -0.39 is 0 Å². The molecule has 1 aromatic carbocycles. The van der Waals surface area contributed by atoms with E-state index in [0.29, 0.717) is 30.8 Å². The van der Waals surface area contributed by atoms with Crippen molar-refractivity contribution in [1.82, 2.24) is 0 Å². The number of hydrogen-bond donors (Lipinski definition) is 0. The Bertz CT molecular complexity index is 411. The second-order valence-electron chi connectivity index (χ2n) is 4.70. The van der Waals surface area contributed by atoms with Gasteiger partial charge in [-0.25, -0.2) is 4.79 Å². The van der Waals surface area contributed by atoms with Crippen LogP contribution in [0.1, 0.15) is 42.5 Å². The number of ether oxygens (including phenoxy) is 1. The Kier molecular flexibility index (Phi) is 4.51. The van der Waals surface area contributed by atoms with Crippen LogP contribution >= 0.6 is 0 Å². The lowest BCUT2D eigenvalue weighted by molar-refractivity contribution is -0.125. The van der Waals surface area contributed by atoms with Crippen LogP contribution in [0.2, 0.25) is 0 Å². The van der Waals surface area contributed by atoms with Crippen molar-refractivity contribution in [1.29, 1.82) is 0 Å². The van der Waals surface area contributed by atoms with Gasteiger partial charge in [-0.2, -0.15) is 0 Å². The number of Topliss-reactive ketones (excluding diaryl/α,β-unsaturated/α-hetero) is 1. The maximum atomic E-state index is 11.7. The fourth-order valence-electron chi connectivity index (χ4n) is 2.31. The van der Waals surface area contributed by atoms with Gasteiger partial charge in [0.15, 0.2) is 0 Å². The number of esters is 1. The van der Waals surface area contributed by atoms with Crippen LogP contribution < -0.4 is 0 Å². The zero-order chi connectivity index (χ0) is 12.8. The molecule has 18 heavy (non-hydrogen) atoms. The first-order valence-electron chi connectivity index (χ1n) is 6.52. The summed E-state index contributed by atoms with van der Waals surface area (Å²) in [6, 6.07) is 8.93. The largest absolute Gasteiger partial charge is 0.462 e. The van der Waals surface area contributed by atoms with Crippen molar-refractivity contribution in [2.24, 2.45) is 5.92 Å². The SMILES string of the molecule is O=C(OCC[C@H]1CCCCC1=O)c1ccccc1. The molecule has 0 bridgehead atoms. The minimum absolute atomic E-state index is 0.0994. The predicted molar refractivity (Wildman–Crippen MR) is 68.3 cm³/mol.